The lowest BCUT2D eigenvalue weighted by molar-refractivity contribution is 0.100. The van der Waals surface area contributed by atoms with E-state index in [0.717, 1.165) is 5.56 Å². The molecule has 1 aromatic heterocycles. The first-order valence-electron chi connectivity index (χ1n) is 6.13. The molecule has 3 rings (SSSR count). The van der Waals surface area contributed by atoms with E-state index in [9.17, 15) is 4.79 Å². The van der Waals surface area contributed by atoms with Crippen LogP contribution in [0.5, 0.6) is 0 Å². The van der Waals surface area contributed by atoms with Crippen LogP contribution in [0.25, 0.3) is 22.9 Å². The van der Waals surface area contributed by atoms with Crippen LogP contribution < -0.4 is 5.73 Å². The average molecular weight is 300 g/mol. The fourth-order valence-corrected chi connectivity index (χ4v) is 1.95. The van der Waals surface area contributed by atoms with Crippen LogP contribution in [0.1, 0.15) is 10.4 Å². The zero-order valence-electron chi connectivity index (χ0n) is 10.8. The highest BCUT2D eigenvalue weighted by molar-refractivity contribution is 6.30. The summed E-state index contributed by atoms with van der Waals surface area (Å²) in [5.41, 5.74) is 7.12. The Hall–Kier alpha value is -2.66. The lowest BCUT2D eigenvalue weighted by Gasteiger charge is -1.97. The van der Waals surface area contributed by atoms with Gasteiger partial charge in [0.05, 0.1) is 0 Å². The van der Waals surface area contributed by atoms with Gasteiger partial charge in [0.1, 0.15) is 0 Å². The fourth-order valence-electron chi connectivity index (χ4n) is 1.83. The van der Waals surface area contributed by atoms with Crippen molar-refractivity contribution in [3.05, 3.63) is 59.1 Å². The van der Waals surface area contributed by atoms with Crippen molar-refractivity contribution in [3.63, 3.8) is 0 Å². The zero-order valence-corrected chi connectivity index (χ0v) is 11.5. The minimum Gasteiger partial charge on any atom is -0.416 e. The van der Waals surface area contributed by atoms with Gasteiger partial charge in [-0.1, -0.05) is 11.6 Å². The van der Waals surface area contributed by atoms with Crippen molar-refractivity contribution < 1.29 is 9.21 Å². The average Bonchev–Trinajstić information content (AvgIpc) is 2.98. The van der Waals surface area contributed by atoms with Crippen molar-refractivity contribution in [2.75, 3.05) is 0 Å². The van der Waals surface area contributed by atoms with Crippen molar-refractivity contribution in [2.45, 2.75) is 0 Å². The van der Waals surface area contributed by atoms with Crippen LogP contribution in [0, 0.1) is 0 Å². The molecule has 0 saturated heterocycles. The van der Waals surface area contributed by atoms with Crippen LogP contribution in [0.4, 0.5) is 0 Å². The summed E-state index contributed by atoms with van der Waals surface area (Å²) in [5.74, 6) is 0.297. The van der Waals surface area contributed by atoms with Gasteiger partial charge in [0, 0.05) is 21.7 Å². The van der Waals surface area contributed by atoms with E-state index in [1.54, 1.807) is 48.5 Å². The van der Waals surface area contributed by atoms with Crippen LogP contribution in [-0.2, 0) is 0 Å². The molecule has 5 nitrogen and oxygen atoms in total. The van der Waals surface area contributed by atoms with Gasteiger partial charge in [0.2, 0.25) is 17.7 Å². The van der Waals surface area contributed by atoms with E-state index in [0.29, 0.717) is 27.9 Å². The maximum absolute atomic E-state index is 11.0. The second-order valence-corrected chi connectivity index (χ2v) is 4.80. The third kappa shape index (κ3) is 2.78. The van der Waals surface area contributed by atoms with Crippen molar-refractivity contribution in [1.29, 1.82) is 0 Å². The lowest BCUT2D eigenvalue weighted by Crippen LogP contribution is -2.10. The molecule has 0 aliphatic rings. The number of halogens is 1. The molecule has 0 fully saturated rings. The number of primary amides is 1. The molecular formula is C15H10ClN3O2. The molecule has 0 bridgehead atoms. The SMILES string of the molecule is NC(=O)c1ccc(-c2nnc(-c3ccc(Cl)cc3)o2)cc1. The number of amides is 1. The first-order valence-corrected chi connectivity index (χ1v) is 6.51. The summed E-state index contributed by atoms with van der Waals surface area (Å²) in [7, 11) is 0. The molecule has 21 heavy (non-hydrogen) atoms. The number of nitrogens with zero attached hydrogens (tertiary/aromatic N) is 2. The van der Waals surface area contributed by atoms with Gasteiger partial charge in [-0.25, -0.2) is 0 Å². The number of rotatable bonds is 3. The summed E-state index contributed by atoms with van der Waals surface area (Å²) in [5, 5.41) is 8.63. The van der Waals surface area contributed by atoms with Crippen molar-refractivity contribution >= 4 is 17.5 Å². The van der Waals surface area contributed by atoms with Crippen molar-refractivity contribution in [1.82, 2.24) is 10.2 Å². The molecule has 0 spiro atoms. The van der Waals surface area contributed by atoms with Gasteiger partial charge in [-0.2, -0.15) is 0 Å². The summed E-state index contributed by atoms with van der Waals surface area (Å²) in [4.78, 5) is 11.0. The quantitative estimate of drug-likeness (QED) is 0.805. The molecule has 0 unspecified atom stereocenters. The molecule has 2 N–H and O–H groups in total. The van der Waals surface area contributed by atoms with E-state index in [1.165, 1.54) is 0 Å². The van der Waals surface area contributed by atoms with Crippen LogP contribution in [0.2, 0.25) is 5.02 Å². The van der Waals surface area contributed by atoms with Crippen molar-refractivity contribution in [3.8, 4) is 22.9 Å². The van der Waals surface area contributed by atoms with Gasteiger partial charge in [-0.05, 0) is 48.5 Å². The van der Waals surface area contributed by atoms with Gasteiger partial charge < -0.3 is 10.2 Å². The number of carbonyl (C=O) groups excluding carboxylic acids is 1. The van der Waals surface area contributed by atoms with E-state index in [1.807, 2.05) is 0 Å². The van der Waals surface area contributed by atoms with Gasteiger partial charge in [0.25, 0.3) is 0 Å². The second kappa shape index (κ2) is 5.38. The van der Waals surface area contributed by atoms with E-state index in [-0.39, 0.29) is 0 Å². The Balaban J connectivity index is 1.90. The highest BCUT2D eigenvalue weighted by Crippen LogP contribution is 2.25. The Labute approximate surface area is 125 Å². The Morgan fingerprint density at radius 3 is 1.86 bits per heavy atom. The van der Waals surface area contributed by atoms with Crippen LogP contribution in [0.3, 0.4) is 0 Å². The van der Waals surface area contributed by atoms with Crippen LogP contribution in [0.15, 0.2) is 52.9 Å². The lowest BCUT2D eigenvalue weighted by atomic mass is 10.1. The molecule has 6 heteroatoms. The normalized spacial score (nSPS) is 10.5. The van der Waals surface area contributed by atoms with Gasteiger partial charge in [-0.3, -0.25) is 4.79 Å². The number of hydrogen-bond donors (Lipinski definition) is 1. The molecule has 0 atom stereocenters. The highest BCUT2D eigenvalue weighted by atomic mass is 35.5. The maximum atomic E-state index is 11.0. The topological polar surface area (TPSA) is 82.0 Å². The maximum Gasteiger partial charge on any atom is 0.248 e. The number of benzene rings is 2. The summed E-state index contributed by atoms with van der Waals surface area (Å²) >= 11 is 5.84. The molecule has 3 aromatic rings. The zero-order chi connectivity index (χ0) is 14.8. The Bertz CT molecular complexity index is 779. The second-order valence-electron chi connectivity index (χ2n) is 4.36. The van der Waals surface area contributed by atoms with Crippen LogP contribution in [-0.4, -0.2) is 16.1 Å². The Kier molecular flexibility index (Phi) is 3.41. The summed E-state index contributed by atoms with van der Waals surface area (Å²) in [6.07, 6.45) is 0. The predicted molar refractivity (Wildman–Crippen MR) is 78.7 cm³/mol. The fraction of sp³-hybridized carbons (Fsp3) is 0. The standard InChI is InChI=1S/C15H10ClN3O2/c16-12-7-5-11(6-8-12)15-19-18-14(21-15)10-3-1-9(2-4-10)13(17)20/h1-8H,(H2,17,20). The minimum absolute atomic E-state index is 0.371. The Morgan fingerprint density at radius 1 is 0.905 bits per heavy atom. The van der Waals surface area contributed by atoms with E-state index < -0.39 is 5.91 Å². The first kappa shape index (κ1) is 13.3. The van der Waals surface area contributed by atoms with E-state index in [2.05, 4.69) is 10.2 Å². The number of carbonyl (C=O) groups is 1. The Morgan fingerprint density at radius 2 is 1.38 bits per heavy atom. The third-order valence-corrected chi connectivity index (χ3v) is 3.18. The molecule has 1 amide bonds. The van der Waals surface area contributed by atoms with Crippen molar-refractivity contribution in [2.24, 2.45) is 5.73 Å². The van der Waals surface area contributed by atoms with E-state index >= 15 is 0 Å². The number of aromatic nitrogens is 2. The third-order valence-electron chi connectivity index (χ3n) is 2.93. The minimum atomic E-state index is -0.478. The highest BCUT2D eigenvalue weighted by Gasteiger charge is 2.11. The molecule has 104 valence electrons. The monoisotopic (exact) mass is 299 g/mol. The van der Waals surface area contributed by atoms with Gasteiger partial charge in [-0.15, -0.1) is 10.2 Å². The largest absolute Gasteiger partial charge is 0.416 e. The molecule has 0 aliphatic carbocycles. The molecule has 2 aromatic carbocycles. The van der Waals surface area contributed by atoms with E-state index in [4.69, 9.17) is 21.8 Å². The molecule has 1 heterocycles. The van der Waals surface area contributed by atoms with Gasteiger partial charge >= 0.3 is 0 Å². The summed E-state index contributed by atoms with van der Waals surface area (Å²) in [6, 6.07) is 13.8. The predicted octanol–water partition coefficient (Wildman–Crippen LogP) is 3.16. The molecular weight excluding hydrogens is 290 g/mol. The number of hydrogen-bond acceptors (Lipinski definition) is 4. The molecule has 0 radical (unpaired) electrons. The van der Waals surface area contributed by atoms with Crippen LogP contribution >= 0.6 is 11.6 Å². The smallest absolute Gasteiger partial charge is 0.248 e. The summed E-state index contributed by atoms with van der Waals surface area (Å²) < 4.78 is 5.61. The number of nitrogens with two attached hydrogens (primary N) is 1. The molecule has 0 aliphatic heterocycles. The van der Waals surface area contributed by atoms with Gasteiger partial charge in [0.15, 0.2) is 0 Å². The summed E-state index contributed by atoms with van der Waals surface area (Å²) in [6.45, 7) is 0. The molecule has 0 saturated carbocycles. The first-order chi connectivity index (χ1) is 10.1.